The van der Waals surface area contributed by atoms with Gasteiger partial charge in [-0.2, -0.15) is 0 Å². The van der Waals surface area contributed by atoms with E-state index in [1.165, 1.54) is 0 Å². The van der Waals surface area contributed by atoms with Crippen LogP contribution >= 0.6 is 23.4 Å². The molecule has 0 saturated heterocycles. The quantitative estimate of drug-likeness (QED) is 0.621. The molecule has 0 fully saturated rings. The zero-order chi connectivity index (χ0) is 15.2. The molecule has 0 spiro atoms. The Morgan fingerprint density at radius 3 is 2.62 bits per heavy atom. The van der Waals surface area contributed by atoms with E-state index in [9.17, 15) is 4.79 Å². The van der Waals surface area contributed by atoms with Crippen LogP contribution in [0.15, 0.2) is 47.4 Å². The number of nitrogens with two attached hydrogens (primary N) is 1. The standard InChI is InChI=1S/C16H17ClN2OS/c1-2-9-21-13-7-8-14(18)15(10-13)19-16(20)11-3-5-12(17)6-4-11/h3-8,10H,2,9,18H2,1H3,(H,19,20). The summed E-state index contributed by atoms with van der Waals surface area (Å²) in [4.78, 5) is 13.3. The summed E-state index contributed by atoms with van der Waals surface area (Å²) in [7, 11) is 0. The number of carbonyl (C=O) groups is 1. The molecule has 0 heterocycles. The third-order valence-corrected chi connectivity index (χ3v) is 4.30. The topological polar surface area (TPSA) is 55.1 Å². The number of benzene rings is 2. The van der Waals surface area contributed by atoms with Crippen LogP contribution in [0.3, 0.4) is 0 Å². The van der Waals surface area contributed by atoms with Crippen LogP contribution in [0.25, 0.3) is 0 Å². The molecule has 3 N–H and O–H groups in total. The molecule has 0 aromatic heterocycles. The molecule has 0 unspecified atom stereocenters. The predicted molar refractivity (Wildman–Crippen MR) is 91.3 cm³/mol. The number of hydrogen-bond donors (Lipinski definition) is 2. The summed E-state index contributed by atoms with van der Waals surface area (Å²) in [6.07, 6.45) is 1.10. The van der Waals surface area contributed by atoms with Crippen LogP contribution in [0.2, 0.25) is 5.02 Å². The minimum absolute atomic E-state index is 0.198. The van der Waals surface area contributed by atoms with Crippen molar-refractivity contribution >= 4 is 40.6 Å². The Bertz CT molecular complexity index is 629. The van der Waals surface area contributed by atoms with E-state index in [-0.39, 0.29) is 5.91 Å². The number of anilines is 2. The Kier molecular flexibility index (Phi) is 5.53. The van der Waals surface area contributed by atoms with E-state index in [0.29, 0.717) is 22.0 Å². The van der Waals surface area contributed by atoms with Crippen LogP contribution in [0.4, 0.5) is 11.4 Å². The lowest BCUT2D eigenvalue weighted by Gasteiger charge is -2.10. The smallest absolute Gasteiger partial charge is 0.255 e. The van der Waals surface area contributed by atoms with Crippen molar-refractivity contribution in [2.45, 2.75) is 18.2 Å². The maximum Gasteiger partial charge on any atom is 0.255 e. The molecule has 0 bridgehead atoms. The van der Waals surface area contributed by atoms with E-state index in [2.05, 4.69) is 12.2 Å². The van der Waals surface area contributed by atoms with E-state index in [4.69, 9.17) is 17.3 Å². The minimum Gasteiger partial charge on any atom is -0.397 e. The minimum atomic E-state index is -0.198. The van der Waals surface area contributed by atoms with Crippen molar-refractivity contribution in [3.05, 3.63) is 53.1 Å². The van der Waals surface area contributed by atoms with Gasteiger partial charge in [0, 0.05) is 15.5 Å². The first-order chi connectivity index (χ1) is 10.1. The fourth-order valence-corrected chi connectivity index (χ4v) is 2.68. The molecule has 0 radical (unpaired) electrons. The van der Waals surface area contributed by atoms with Crippen molar-refractivity contribution in [3.63, 3.8) is 0 Å². The summed E-state index contributed by atoms with van der Waals surface area (Å²) in [6.45, 7) is 2.13. The predicted octanol–water partition coefficient (Wildman–Crippen LogP) is 4.68. The summed E-state index contributed by atoms with van der Waals surface area (Å²) >= 11 is 7.56. The van der Waals surface area contributed by atoms with E-state index >= 15 is 0 Å². The van der Waals surface area contributed by atoms with Gasteiger partial charge in [-0.15, -0.1) is 11.8 Å². The molecule has 1 amide bonds. The molecule has 0 aliphatic carbocycles. The van der Waals surface area contributed by atoms with Gasteiger partial charge in [0.25, 0.3) is 5.91 Å². The molecule has 2 aromatic rings. The molecule has 0 aliphatic rings. The molecule has 2 aromatic carbocycles. The highest BCUT2D eigenvalue weighted by Gasteiger charge is 2.09. The Labute approximate surface area is 133 Å². The van der Waals surface area contributed by atoms with E-state index in [1.807, 2.05) is 18.2 Å². The lowest BCUT2D eigenvalue weighted by Crippen LogP contribution is -2.13. The fraction of sp³-hybridized carbons (Fsp3) is 0.188. The van der Waals surface area contributed by atoms with Crippen LogP contribution in [-0.4, -0.2) is 11.7 Å². The first-order valence-corrected chi connectivity index (χ1v) is 8.05. The highest BCUT2D eigenvalue weighted by Crippen LogP contribution is 2.27. The van der Waals surface area contributed by atoms with Crippen LogP contribution in [-0.2, 0) is 0 Å². The maximum absolute atomic E-state index is 12.2. The second kappa shape index (κ2) is 7.38. The van der Waals surface area contributed by atoms with Gasteiger partial charge in [-0.3, -0.25) is 4.79 Å². The number of hydrogen-bond acceptors (Lipinski definition) is 3. The number of amides is 1. The van der Waals surface area contributed by atoms with Crippen LogP contribution in [0, 0.1) is 0 Å². The Balaban J connectivity index is 2.14. The lowest BCUT2D eigenvalue weighted by molar-refractivity contribution is 0.102. The average molecular weight is 321 g/mol. The fourth-order valence-electron chi connectivity index (χ4n) is 1.75. The van der Waals surface area contributed by atoms with E-state index < -0.39 is 0 Å². The first-order valence-electron chi connectivity index (χ1n) is 6.69. The van der Waals surface area contributed by atoms with Crippen LogP contribution < -0.4 is 11.1 Å². The van der Waals surface area contributed by atoms with Crippen LogP contribution in [0.1, 0.15) is 23.7 Å². The first kappa shape index (κ1) is 15.7. The molecule has 21 heavy (non-hydrogen) atoms. The molecule has 0 aliphatic heterocycles. The SMILES string of the molecule is CCCSc1ccc(N)c(NC(=O)c2ccc(Cl)cc2)c1. The Morgan fingerprint density at radius 2 is 1.95 bits per heavy atom. The molecule has 0 saturated carbocycles. The Morgan fingerprint density at radius 1 is 1.24 bits per heavy atom. The van der Waals surface area contributed by atoms with Crippen molar-refractivity contribution < 1.29 is 4.79 Å². The zero-order valence-electron chi connectivity index (χ0n) is 11.7. The third-order valence-electron chi connectivity index (χ3n) is 2.85. The van der Waals surface area contributed by atoms with Gasteiger partial charge in [-0.25, -0.2) is 0 Å². The number of halogens is 1. The average Bonchev–Trinajstić information content (AvgIpc) is 2.48. The molecule has 110 valence electrons. The molecule has 3 nitrogen and oxygen atoms in total. The second-order valence-electron chi connectivity index (χ2n) is 4.56. The van der Waals surface area contributed by atoms with Crippen LogP contribution in [0.5, 0.6) is 0 Å². The van der Waals surface area contributed by atoms with E-state index in [0.717, 1.165) is 17.1 Å². The molecule has 0 atom stereocenters. The van der Waals surface area contributed by atoms with Gasteiger partial charge in [0.15, 0.2) is 0 Å². The van der Waals surface area contributed by atoms with Crippen molar-refractivity contribution in [1.82, 2.24) is 0 Å². The molecular formula is C16H17ClN2OS. The van der Waals surface area contributed by atoms with Gasteiger partial charge in [-0.1, -0.05) is 18.5 Å². The number of nitrogens with one attached hydrogen (secondary N) is 1. The monoisotopic (exact) mass is 320 g/mol. The number of thioether (sulfide) groups is 1. The Hall–Kier alpha value is -1.65. The zero-order valence-corrected chi connectivity index (χ0v) is 13.3. The van der Waals surface area contributed by atoms with Crippen molar-refractivity contribution in [2.24, 2.45) is 0 Å². The summed E-state index contributed by atoms with van der Waals surface area (Å²) in [6, 6.07) is 12.4. The van der Waals surface area contributed by atoms with Crippen molar-refractivity contribution in [3.8, 4) is 0 Å². The molecule has 2 rings (SSSR count). The van der Waals surface area contributed by atoms with Crippen molar-refractivity contribution in [1.29, 1.82) is 0 Å². The summed E-state index contributed by atoms with van der Waals surface area (Å²) in [5.74, 6) is 0.838. The lowest BCUT2D eigenvalue weighted by atomic mass is 10.2. The number of nitrogen functional groups attached to an aromatic ring is 1. The van der Waals surface area contributed by atoms with Crippen molar-refractivity contribution in [2.75, 3.05) is 16.8 Å². The molecule has 5 heteroatoms. The van der Waals surface area contributed by atoms with Gasteiger partial charge in [-0.05, 0) is 54.6 Å². The summed E-state index contributed by atoms with van der Waals surface area (Å²) < 4.78 is 0. The van der Waals surface area contributed by atoms with Gasteiger partial charge in [0.1, 0.15) is 0 Å². The molecular weight excluding hydrogens is 304 g/mol. The highest BCUT2D eigenvalue weighted by molar-refractivity contribution is 7.99. The number of carbonyl (C=O) groups excluding carboxylic acids is 1. The largest absolute Gasteiger partial charge is 0.397 e. The number of rotatable bonds is 5. The van der Waals surface area contributed by atoms with Gasteiger partial charge >= 0.3 is 0 Å². The third kappa shape index (κ3) is 4.41. The van der Waals surface area contributed by atoms with Gasteiger partial charge < -0.3 is 11.1 Å². The van der Waals surface area contributed by atoms with Gasteiger partial charge in [0.2, 0.25) is 0 Å². The maximum atomic E-state index is 12.2. The second-order valence-corrected chi connectivity index (χ2v) is 6.16. The highest BCUT2D eigenvalue weighted by atomic mass is 35.5. The summed E-state index contributed by atoms with van der Waals surface area (Å²) in [5.41, 5.74) is 7.66. The summed E-state index contributed by atoms with van der Waals surface area (Å²) in [5, 5.41) is 3.44. The van der Waals surface area contributed by atoms with Gasteiger partial charge in [0.05, 0.1) is 11.4 Å². The normalized spacial score (nSPS) is 10.4. The van der Waals surface area contributed by atoms with E-state index in [1.54, 1.807) is 36.0 Å².